The summed E-state index contributed by atoms with van der Waals surface area (Å²) in [6.07, 6.45) is -0.437. The van der Waals surface area contributed by atoms with E-state index in [0.29, 0.717) is 0 Å². The molecule has 1 fully saturated rings. The fraction of sp³-hybridized carbons (Fsp3) is 0.500. The normalized spacial score (nSPS) is 17.1. The monoisotopic (exact) mass is 428 g/mol. The number of pyridine rings is 1. The van der Waals surface area contributed by atoms with Crippen molar-refractivity contribution in [1.82, 2.24) is 9.47 Å². The van der Waals surface area contributed by atoms with Crippen molar-refractivity contribution in [3.63, 3.8) is 0 Å². The van der Waals surface area contributed by atoms with Crippen molar-refractivity contribution in [2.45, 2.75) is 44.9 Å². The Morgan fingerprint density at radius 3 is 2.45 bits per heavy atom. The Morgan fingerprint density at radius 2 is 1.86 bits per heavy atom. The zero-order chi connectivity index (χ0) is 21.0. The maximum absolute atomic E-state index is 12.3. The van der Waals surface area contributed by atoms with Gasteiger partial charge in [0.05, 0.1) is 0 Å². The Labute approximate surface area is 170 Å². The van der Waals surface area contributed by atoms with E-state index < -0.39 is 12.1 Å². The van der Waals surface area contributed by atoms with Crippen LogP contribution in [0.3, 0.4) is 0 Å². The number of hydrogen-bond acceptors (Lipinski definition) is 4. The Hall–Kier alpha value is -2.13. The molecule has 1 N–H and O–H groups in total. The number of carboxylic acids is 1. The minimum atomic E-state index is -5.08. The molecule has 3 heterocycles. The zero-order valence-corrected chi connectivity index (χ0v) is 16.6. The molecule has 0 spiro atoms. The summed E-state index contributed by atoms with van der Waals surface area (Å²) in [6.45, 7) is 4.11. The summed E-state index contributed by atoms with van der Waals surface area (Å²) in [5, 5.41) is 11.5. The van der Waals surface area contributed by atoms with E-state index in [1.165, 1.54) is 29.7 Å². The fourth-order valence-electron chi connectivity index (χ4n) is 3.40. The molecular formula is C20H23F3N2O3S. The molecule has 1 aliphatic carbocycles. The smallest absolute Gasteiger partial charge is 0.475 e. The lowest BCUT2D eigenvalue weighted by atomic mass is 10.1. The van der Waals surface area contributed by atoms with E-state index in [4.69, 9.17) is 9.90 Å². The van der Waals surface area contributed by atoms with Gasteiger partial charge in [-0.15, -0.1) is 0 Å². The molecule has 5 nitrogen and oxygen atoms in total. The highest BCUT2D eigenvalue weighted by Gasteiger charge is 2.38. The van der Waals surface area contributed by atoms with Gasteiger partial charge in [-0.3, -0.25) is 9.69 Å². The predicted molar refractivity (Wildman–Crippen MR) is 104 cm³/mol. The zero-order valence-electron chi connectivity index (χ0n) is 15.8. The number of alkyl halides is 3. The first kappa shape index (κ1) is 21.6. The standard InChI is InChI=1S/C18H22N2OS.C2HF3O2/c21-18-4-3-16-5-8-19(11-15-7-10-22-13-15)9-6-17(16)20(18)12-14-1-2-14;3-2(4,5)1(6)7/h3-4,7,10,13-14H,1-2,5-6,8-9,11-12H2;(H,6,7). The lowest BCUT2D eigenvalue weighted by Gasteiger charge is -2.19. The first-order valence-electron chi connectivity index (χ1n) is 9.49. The quantitative estimate of drug-likeness (QED) is 0.809. The molecule has 1 saturated carbocycles. The Morgan fingerprint density at radius 1 is 1.17 bits per heavy atom. The molecular weight excluding hydrogens is 405 g/mol. The van der Waals surface area contributed by atoms with Gasteiger partial charge in [-0.1, -0.05) is 6.07 Å². The van der Waals surface area contributed by atoms with E-state index in [0.717, 1.165) is 44.9 Å². The lowest BCUT2D eigenvalue weighted by molar-refractivity contribution is -0.192. The van der Waals surface area contributed by atoms with E-state index in [9.17, 15) is 18.0 Å². The van der Waals surface area contributed by atoms with Crippen LogP contribution in [0.15, 0.2) is 33.8 Å². The van der Waals surface area contributed by atoms with Crippen molar-refractivity contribution in [1.29, 1.82) is 0 Å². The van der Waals surface area contributed by atoms with Gasteiger partial charge in [0, 0.05) is 44.4 Å². The second-order valence-electron chi connectivity index (χ2n) is 7.41. The number of halogens is 3. The van der Waals surface area contributed by atoms with Crippen molar-refractivity contribution in [2.75, 3.05) is 13.1 Å². The van der Waals surface area contributed by atoms with Crippen molar-refractivity contribution in [2.24, 2.45) is 5.92 Å². The van der Waals surface area contributed by atoms with Crippen LogP contribution in [0.4, 0.5) is 13.2 Å². The third-order valence-electron chi connectivity index (χ3n) is 5.12. The third kappa shape index (κ3) is 6.17. The summed E-state index contributed by atoms with van der Waals surface area (Å²) in [4.78, 5) is 23.7. The number of thiophene rings is 1. The summed E-state index contributed by atoms with van der Waals surface area (Å²) in [5.41, 5.74) is 4.28. The van der Waals surface area contributed by atoms with Gasteiger partial charge in [-0.25, -0.2) is 4.79 Å². The molecule has 158 valence electrons. The van der Waals surface area contributed by atoms with Crippen LogP contribution >= 0.6 is 11.3 Å². The molecule has 0 radical (unpaired) electrons. The van der Waals surface area contributed by atoms with Crippen molar-refractivity contribution < 1.29 is 23.1 Å². The highest BCUT2D eigenvalue weighted by molar-refractivity contribution is 7.07. The maximum atomic E-state index is 12.3. The van der Waals surface area contributed by atoms with Gasteiger partial charge >= 0.3 is 12.1 Å². The minimum Gasteiger partial charge on any atom is -0.475 e. The van der Waals surface area contributed by atoms with E-state index >= 15 is 0 Å². The molecule has 2 aromatic rings. The van der Waals surface area contributed by atoms with Gasteiger partial charge < -0.3 is 9.67 Å². The van der Waals surface area contributed by atoms with Crippen LogP contribution in [0.1, 0.15) is 29.7 Å². The number of nitrogens with zero attached hydrogens (tertiary/aromatic N) is 2. The lowest BCUT2D eigenvalue weighted by Crippen LogP contribution is -2.27. The number of carbonyl (C=O) groups is 1. The molecule has 2 aliphatic rings. The molecule has 0 saturated heterocycles. The topological polar surface area (TPSA) is 62.5 Å². The molecule has 9 heteroatoms. The second-order valence-corrected chi connectivity index (χ2v) is 8.19. The summed E-state index contributed by atoms with van der Waals surface area (Å²) in [7, 11) is 0. The number of fused-ring (bicyclic) bond motifs is 1. The van der Waals surface area contributed by atoms with Crippen LogP contribution in [-0.2, 0) is 30.7 Å². The molecule has 2 aromatic heterocycles. The van der Waals surface area contributed by atoms with Gasteiger partial charge in [-0.2, -0.15) is 24.5 Å². The van der Waals surface area contributed by atoms with Crippen LogP contribution in [0.2, 0.25) is 0 Å². The molecule has 1 aliphatic heterocycles. The van der Waals surface area contributed by atoms with Gasteiger partial charge in [-0.05, 0) is 53.1 Å². The summed E-state index contributed by atoms with van der Waals surface area (Å²) >= 11 is 1.77. The largest absolute Gasteiger partial charge is 0.490 e. The molecule has 4 rings (SSSR count). The fourth-order valence-corrected chi connectivity index (χ4v) is 4.06. The highest BCUT2D eigenvalue weighted by Crippen LogP contribution is 2.31. The summed E-state index contributed by atoms with van der Waals surface area (Å²) < 4.78 is 33.8. The number of aliphatic carboxylic acids is 1. The van der Waals surface area contributed by atoms with Crippen molar-refractivity contribution in [3.05, 3.63) is 56.1 Å². The average molecular weight is 428 g/mol. The first-order chi connectivity index (χ1) is 13.7. The van der Waals surface area contributed by atoms with E-state index in [2.05, 4.69) is 32.4 Å². The average Bonchev–Trinajstić information content (AvgIpc) is 3.37. The molecule has 0 atom stereocenters. The van der Waals surface area contributed by atoms with Crippen LogP contribution in [0.5, 0.6) is 0 Å². The SMILES string of the molecule is O=C(O)C(F)(F)F.O=c1ccc2c(n1CC1CC1)CCN(Cc1ccsc1)CC2. The number of hydrogen-bond donors (Lipinski definition) is 1. The predicted octanol–water partition coefficient (Wildman–Crippen LogP) is 3.55. The summed E-state index contributed by atoms with van der Waals surface area (Å²) in [5.74, 6) is -2.01. The highest BCUT2D eigenvalue weighted by atomic mass is 32.1. The summed E-state index contributed by atoms with van der Waals surface area (Å²) in [6, 6.07) is 6.05. The first-order valence-corrected chi connectivity index (χ1v) is 10.4. The number of aromatic nitrogens is 1. The van der Waals surface area contributed by atoms with Crippen LogP contribution in [-0.4, -0.2) is 39.8 Å². The van der Waals surface area contributed by atoms with Gasteiger partial charge in [0.25, 0.3) is 5.56 Å². The third-order valence-corrected chi connectivity index (χ3v) is 5.85. The minimum absolute atomic E-state index is 0.192. The second kappa shape index (κ2) is 9.13. The number of carboxylic acid groups (broad SMARTS) is 1. The van der Waals surface area contributed by atoms with Crippen molar-refractivity contribution in [3.8, 4) is 0 Å². The molecule has 0 bridgehead atoms. The molecule has 0 amide bonds. The van der Waals surface area contributed by atoms with Gasteiger partial charge in [0.15, 0.2) is 0 Å². The molecule has 0 unspecified atom stereocenters. The van der Waals surface area contributed by atoms with Crippen LogP contribution in [0, 0.1) is 5.92 Å². The molecule has 29 heavy (non-hydrogen) atoms. The van der Waals surface area contributed by atoms with Crippen LogP contribution in [0.25, 0.3) is 0 Å². The Balaban J connectivity index is 0.000000298. The maximum Gasteiger partial charge on any atom is 0.490 e. The van der Waals surface area contributed by atoms with E-state index in [-0.39, 0.29) is 5.56 Å². The van der Waals surface area contributed by atoms with Crippen molar-refractivity contribution >= 4 is 17.3 Å². The number of rotatable bonds is 4. The van der Waals surface area contributed by atoms with Crippen LogP contribution < -0.4 is 5.56 Å². The van der Waals surface area contributed by atoms with Gasteiger partial charge in [0.2, 0.25) is 0 Å². The molecule has 0 aromatic carbocycles. The Bertz CT molecular complexity index is 889. The Kier molecular flexibility index (Phi) is 6.79. The van der Waals surface area contributed by atoms with E-state index in [1.807, 2.05) is 0 Å². The van der Waals surface area contributed by atoms with Gasteiger partial charge in [0.1, 0.15) is 0 Å². The van der Waals surface area contributed by atoms with E-state index in [1.54, 1.807) is 17.4 Å².